The van der Waals surface area contributed by atoms with Crippen LogP contribution in [0.4, 0.5) is 0 Å². The van der Waals surface area contributed by atoms with Crippen LogP contribution in [0, 0.1) is 11.3 Å². The van der Waals surface area contributed by atoms with Gasteiger partial charge in [-0.15, -0.1) is 0 Å². The molecule has 2 unspecified atom stereocenters. The van der Waals surface area contributed by atoms with E-state index in [1.807, 2.05) is 32.9 Å². The topological polar surface area (TPSA) is 59.5 Å². The normalized spacial score (nSPS) is 23.5. The van der Waals surface area contributed by atoms with Crippen molar-refractivity contribution in [1.82, 2.24) is 4.90 Å². The predicted molar refractivity (Wildman–Crippen MR) is 79.1 cm³/mol. The molecule has 0 spiro atoms. The average Bonchev–Trinajstić information content (AvgIpc) is 2.89. The molecule has 0 radical (unpaired) electrons. The van der Waals surface area contributed by atoms with Crippen molar-refractivity contribution in [2.24, 2.45) is 17.1 Å². The van der Waals surface area contributed by atoms with Gasteiger partial charge in [-0.1, -0.05) is 27.7 Å². The number of carbonyl (C=O) groups excluding carboxylic acids is 1. The molecule has 0 aliphatic heterocycles. The summed E-state index contributed by atoms with van der Waals surface area (Å²) in [6, 6.07) is 3.50. The predicted octanol–water partition coefficient (Wildman–Crippen LogP) is 2.73. The highest BCUT2D eigenvalue weighted by molar-refractivity contribution is 5.82. The first-order valence-corrected chi connectivity index (χ1v) is 7.29. The number of amides is 1. The molecule has 112 valence electrons. The lowest BCUT2D eigenvalue weighted by Crippen LogP contribution is -2.48. The number of likely N-dealkylation sites (N-methyl/N-ethyl adjacent to an activating group) is 1. The van der Waals surface area contributed by atoms with Crippen LogP contribution in [0.5, 0.6) is 0 Å². The second-order valence-electron chi connectivity index (χ2n) is 7.16. The smallest absolute Gasteiger partial charge is 0.240 e. The van der Waals surface area contributed by atoms with Crippen LogP contribution in [-0.2, 0) is 11.3 Å². The fraction of sp³-hybridized carbons (Fsp3) is 0.688. The van der Waals surface area contributed by atoms with Crippen molar-refractivity contribution in [2.45, 2.75) is 52.6 Å². The summed E-state index contributed by atoms with van der Waals surface area (Å²) in [5, 5.41) is 0. The Kier molecular flexibility index (Phi) is 3.96. The minimum absolute atomic E-state index is 0.0461. The number of carbonyl (C=O) groups is 1. The van der Waals surface area contributed by atoms with Gasteiger partial charge in [-0.3, -0.25) is 4.79 Å². The molecule has 1 saturated carbocycles. The molecule has 2 rings (SSSR count). The van der Waals surface area contributed by atoms with E-state index in [0.29, 0.717) is 12.5 Å². The highest BCUT2D eigenvalue weighted by atomic mass is 16.3. The van der Waals surface area contributed by atoms with Crippen molar-refractivity contribution in [3.63, 3.8) is 0 Å². The molecule has 0 bridgehead atoms. The lowest BCUT2D eigenvalue weighted by atomic mass is 9.86. The number of nitrogens with two attached hydrogens (primary N) is 1. The van der Waals surface area contributed by atoms with Gasteiger partial charge < -0.3 is 15.1 Å². The maximum absolute atomic E-state index is 12.3. The zero-order chi connectivity index (χ0) is 15.1. The Morgan fingerprint density at radius 2 is 2.10 bits per heavy atom. The fourth-order valence-electron chi connectivity index (χ4n) is 2.32. The van der Waals surface area contributed by atoms with Crippen LogP contribution in [0.15, 0.2) is 16.5 Å². The molecule has 20 heavy (non-hydrogen) atoms. The summed E-state index contributed by atoms with van der Waals surface area (Å²) in [5.74, 6) is 3.13. The Balaban J connectivity index is 1.95. The molecule has 1 amide bonds. The van der Waals surface area contributed by atoms with Gasteiger partial charge in [0, 0.05) is 13.0 Å². The summed E-state index contributed by atoms with van der Waals surface area (Å²) >= 11 is 0. The van der Waals surface area contributed by atoms with E-state index in [0.717, 1.165) is 17.4 Å². The van der Waals surface area contributed by atoms with Crippen LogP contribution >= 0.6 is 0 Å². The molecule has 1 fully saturated rings. The molecular formula is C16H26N2O2. The Morgan fingerprint density at radius 3 is 2.60 bits per heavy atom. The lowest BCUT2D eigenvalue weighted by molar-refractivity contribution is -0.134. The second-order valence-corrected chi connectivity index (χ2v) is 7.16. The largest absolute Gasteiger partial charge is 0.464 e. The number of rotatable bonds is 4. The molecule has 1 aliphatic carbocycles. The van der Waals surface area contributed by atoms with E-state index in [1.165, 1.54) is 6.42 Å². The van der Waals surface area contributed by atoms with Crippen LogP contribution in [0.2, 0.25) is 0 Å². The molecular weight excluding hydrogens is 252 g/mol. The van der Waals surface area contributed by atoms with E-state index in [-0.39, 0.29) is 11.3 Å². The zero-order valence-electron chi connectivity index (χ0n) is 13.1. The first-order chi connectivity index (χ1) is 9.20. The second kappa shape index (κ2) is 5.24. The Labute approximate surface area is 121 Å². The van der Waals surface area contributed by atoms with Crippen LogP contribution in [0.1, 0.15) is 51.6 Å². The summed E-state index contributed by atoms with van der Waals surface area (Å²) in [7, 11) is 1.77. The first kappa shape index (κ1) is 15.1. The third kappa shape index (κ3) is 3.23. The lowest BCUT2D eigenvalue weighted by Gasteiger charge is -2.29. The van der Waals surface area contributed by atoms with E-state index in [2.05, 4.69) is 6.92 Å². The molecule has 0 saturated heterocycles. The van der Waals surface area contributed by atoms with Gasteiger partial charge >= 0.3 is 0 Å². The SMILES string of the molecule is CC1CC1c1ccc(CN(C)C(=O)[C@@H](N)C(C)(C)C)o1. The van der Waals surface area contributed by atoms with Crippen molar-refractivity contribution in [3.8, 4) is 0 Å². The van der Waals surface area contributed by atoms with Crippen molar-refractivity contribution in [2.75, 3.05) is 7.05 Å². The molecule has 4 heteroatoms. The fourth-order valence-corrected chi connectivity index (χ4v) is 2.32. The van der Waals surface area contributed by atoms with Crippen LogP contribution in [0.25, 0.3) is 0 Å². The Morgan fingerprint density at radius 1 is 1.50 bits per heavy atom. The van der Waals surface area contributed by atoms with Crippen LogP contribution in [-0.4, -0.2) is 23.9 Å². The molecule has 1 aromatic rings. The molecule has 1 aliphatic rings. The Hall–Kier alpha value is -1.29. The van der Waals surface area contributed by atoms with E-state index < -0.39 is 6.04 Å². The molecule has 2 N–H and O–H groups in total. The summed E-state index contributed by atoms with van der Waals surface area (Å²) in [6.45, 7) is 8.63. The number of nitrogens with zero attached hydrogens (tertiary/aromatic N) is 1. The third-order valence-electron chi connectivity index (χ3n) is 4.13. The molecule has 3 atom stereocenters. The average molecular weight is 278 g/mol. The molecule has 1 aromatic heterocycles. The summed E-state index contributed by atoms with van der Waals surface area (Å²) < 4.78 is 5.83. The number of hydrogen-bond acceptors (Lipinski definition) is 3. The molecule has 4 nitrogen and oxygen atoms in total. The highest BCUT2D eigenvalue weighted by Crippen LogP contribution is 2.47. The minimum atomic E-state index is -0.495. The van der Waals surface area contributed by atoms with E-state index in [1.54, 1.807) is 11.9 Å². The van der Waals surface area contributed by atoms with Gasteiger partial charge in [-0.25, -0.2) is 0 Å². The van der Waals surface area contributed by atoms with Gasteiger partial charge in [0.1, 0.15) is 11.5 Å². The van der Waals surface area contributed by atoms with Crippen molar-refractivity contribution in [3.05, 3.63) is 23.7 Å². The van der Waals surface area contributed by atoms with E-state index >= 15 is 0 Å². The van der Waals surface area contributed by atoms with E-state index in [9.17, 15) is 4.79 Å². The maximum atomic E-state index is 12.3. The number of hydrogen-bond donors (Lipinski definition) is 1. The summed E-state index contributed by atoms with van der Waals surface area (Å²) in [4.78, 5) is 13.9. The van der Waals surface area contributed by atoms with Crippen molar-refractivity contribution < 1.29 is 9.21 Å². The standard InChI is InChI=1S/C16H26N2O2/c1-10-8-12(10)13-7-6-11(20-13)9-18(5)15(19)14(17)16(2,3)4/h6-7,10,12,14H,8-9,17H2,1-5H3/t10?,12?,14-/m1/s1. The quantitative estimate of drug-likeness (QED) is 0.921. The van der Waals surface area contributed by atoms with Gasteiger partial charge in [0.25, 0.3) is 0 Å². The molecule has 0 aromatic carbocycles. The maximum Gasteiger partial charge on any atom is 0.240 e. The van der Waals surface area contributed by atoms with Gasteiger partial charge in [-0.05, 0) is 29.9 Å². The van der Waals surface area contributed by atoms with Crippen LogP contribution in [0.3, 0.4) is 0 Å². The van der Waals surface area contributed by atoms with E-state index in [4.69, 9.17) is 10.2 Å². The van der Waals surface area contributed by atoms with Gasteiger partial charge in [0.15, 0.2) is 0 Å². The van der Waals surface area contributed by atoms with Crippen LogP contribution < -0.4 is 5.73 Å². The highest BCUT2D eigenvalue weighted by Gasteiger charge is 2.36. The van der Waals surface area contributed by atoms with Crippen molar-refractivity contribution >= 4 is 5.91 Å². The number of furan rings is 1. The molecule has 1 heterocycles. The third-order valence-corrected chi connectivity index (χ3v) is 4.13. The van der Waals surface area contributed by atoms with Gasteiger partial charge in [-0.2, -0.15) is 0 Å². The summed E-state index contributed by atoms with van der Waals surface area (Å²) in [5.41, 5.74) is 5.78. The summed E-state index contributed by atoms with van der Waals surface area (Å²) in [6.07, 6.45) is 1.20. The van der Waals surface area contributed by atoms with Gasteiger partial charge in [0.2, 0.25) is 5.91 Å². The van der Waals surface area contributed by atoms with Crippen molar-refractivity contribution in [1.29, 1.82) is 0 Å². The minimum Gasteiger partial charge on any atom is -0.464 e. The monoisotopic (exact) mass is 278 g/mol. The zero-order valence-corrected chi connectivity index (χ0v) is 13.1. The Bertz CT molecular complexity index is 487. The first-order valence-electron chi connectivity index (χ1n) is 7.29. The van der Waals surface area contributed by atoms with Gasteiger partial charge in [0.05, 0.1) is 12.6 Å².